The molecule has 0 fully saturated rings. The molecule has 6 nitrogen and oxygen atoms in total. The zero-order chi connectivity index (χ0) is 25.8. The lowest BCUT2D eigenvalue weighted by molar-refractivity contribution is -0.134. The molecular formula is C30H35N3O3S. The van der Waals surface area contributed by atoms with Crippen molar-refractivity contribution in [1.29, 1.82) is 0 Å². The SMILES string of the molecule is CC(C)(Oc1ccc2[nH]c(=O)c3c(c2c1)CCSC3)C(=O)NCCCN1CC=C(c2ccccc2)CC1. The second kappa shape index (κ2) is 11.2. The van der Waals surface area contributed by atoms with Crippen LogP contribution in [-0.4, -0.2) is 53.3 Å². The maximum Gasteiger partial charge on any atom is 0.263 e. The molecule has 0 unspecified atom stereocenters. The van der Waals surface area contributed by atoms with Crippen LogP contribution in [0.2, 0.25) is 0 Å². The van der Waals surface area contributed by atoms with Gasteiger partial charge in [-0.25, -0.2) is 0 Å². The van der Waals surface area contributed by atoms with Crippen molar-refractivity contribution in [2.75, 3.05) is 31.9 Å². The Morgan fingerprint density at radius 1 is 1.14 bits per heavy atom. The number of amides is 1. The Morgan fingerprint density at radius 2 is 1.97 bits per heavy atom. The van der Waals surface area contributed by atoms with Crippen LogP contribution in [0.1, 0.15) is 43.4 Å². The number of nitrogens with one attached hydrogen (secondary N) is 2. The van der Waals surface area contributed by atoms with E-state index in [0.717, 1.165) is 72.4 Å². The molecule has 0 radical (unpaired) electrons. The molecule has 2 aliphatic rings. The summed E-state index contributed by atoms with van der Waals surface area (Å²) >= 11 is 1.79. The third-order valence-corrected chi connectivity index (χ3v) is 8.23. The van der Waals surface area contributed by atoms with Gasteiger partial charge in [-0.2, -0.15) is 11.8 Å². The number of aromatic nitrogens is 1. The van der Waals surface area contributed by atoms with Crippen molar-refractivity contribution < 1.29 is 9.53 Å². The van der Waals surface area contributed by atoms with Crippen molar-refractivity contribution in [2.24, 2.45) is 0 Å². The molecule has 7 heteroatoms. The highest BCUT2D eigenvalue weighted by molar-refractivity contribution is 7.98. The van der Waals surface area contributed by atoms with Gasteiger partial charge in [-0.15, -0.1) is 0 Å². The molecular weight excluding hydrogens is 482 g/mol. The first-order valence-electron chi connectivity index (χ1n) is 13.1. The van der Waals surface area contributed by atoms with Gasteiger partial charge in [0.25, 0.3) is 11.5 Å². The fourth-order valence-corrected chi connectivity index (χ4v) is 6.12. The van der Waals surface area contributed by atoms with E-state index in [4.69, 9.17) is 4.74 Å². The summed E-state index contributed by atoms with van der Waals surface area (Å²) < 4.78 is 6.17. The van der Waals surface area contributed by atoms with E-state index in [9.17, 15) is 9.59 Å². The minimum atomic E-state index is -1.01. The largest absolute Gasteiger partial charge is 0.478 e. The summed E-state index contributed by atoms with van der Waals surface area (Å²) in [5, 5.41) is 4.06. The second-order valence-electron chi connectivity index (χ2n) is 10.3. The van der Waals surface area contributed by atoms with Gasteiger partial charge in [0, 0.05) is 48.4 Å². The lowest BCUT2D eigenvalue weighted by atomic mass is 9.99. The number of ether oxygens (including phenoxy) is 1. The van der Waals surface area contributed by atoms with Crippen LogP contribution >= 0.6 is 11.8 Å². The lowest BCUT2D eigenvalue weighted by Gasteiger charge is -2.28. The zero-order valence-corrected chi connectivity index (χ0v) is 22.5. The monoisotopic (exact) mass is 517 g/mol. The highest BCUT2D eigenvalue weighted by Crippen LogP contribution is 2.31. The molecule has 0 saturated carbocycles. The predicted octanol–water partition coefficient (Wildman–Crippen LogP) is 4.77. The molecule has 2 N–H and O–H groups in total. The first-order chi connectivity index (χ1) is 17.9. The molecule has 0 aliphatic carbocycles. The Morgan fingerprint density at radius 3 is 2.76 bits per heavy atom. The molecule has 0 spiro atoms. The smallest absolute Gasteiger partial charge is 0.263 e. The highest BCUT2D eigenvalue weighted by atomic mass is 32.2. The van der Waals surface area contributed by atoms with Gasteiger partial charge in [0.05, 0.1) is 0 Å². The maximum atomic E-state index is 13.0. The predicted molar refractivity (Wildman–Crippen MR) is 152 cm³/mol. The Bertz CT molecular complexity index is 1360. The Labute approximate surface area is 222 Å². The van der Waals surface area contributed by atoms with Gasteiger partial charge in [-0.1, -0.05) is 36.4 Å². The standard InChI is InChI=1S/C30H35N3O3S/c1-30(2,36-23-9-10-27-25(19-23)24-13-18-37-20-26(24)28(34)32-27)29(35)31-14-6-15-33-16-11-22(12-17-33)21-7-4-3-5-8-21/h3-5,7-11,19H,6,12-18,20H2,1-2H3,(H,31,35)(H,32,34). The number of fused-ring (bicyclic) bond motifs is 3. The number of rotatable bonds is 8. The highest BCUT2D eigenvalue weighted by Gasteiger charge is 2.30. The van der Waals surface area contributed by atoms with Gasteiger partial charge in [0.15, 0.2) is 5.60 Å². The van der Waals surface area contributed by atoms with Crippen LogP contribution in [0.3, 0.4) is 0 Å². The number of thioether (sulfide) groups is 1. The third-order valence-electron chi connectivity index (χ3n) is 7.24. The van der Waals surface area contributed by atoms with E-state index in [1.807, 2.05) is 18.2 Å². The number of pyridine rings is 1. The van der Waals surface area contributed by atoms with E-state index in [1.54, 1.807) is 25.6 Å². The van der Waals surface area contributed by atoms with Crippen molar-refractivity contribution in [3.05, 3.63) is 81.7 Å². The average Bonchev–Trinajstić information content (AvgIpc) is 2.92. The van der Waals surface area contributed by atoms with Gasteiger partial charge in [0.1, 0.15) is 5.75 Å². The second-order valence-corrected chi connectivity index (χ2v) is 11.4. The molecule has 5 rings (SSSR count). The van der Waals surface area contributed by atoms with Crippen LogP contribution in [0.5, 0.6) is 5.75 Å². The van der Waals surface area contributed by atoms with Gasteiger partial charge in [-0.3, -0.25) is 14.5 Å². The Balaban J connectivity index is 1.13. The average molecular weight is 518 g/mol. The summed E-state index contributed by atoms with van der Waals surface area (Å²) in [5.74, 6) is 2.25. The number of H-pyrrole nitrogens is 1. The third kappa shape index (κ3) is 5.94. The molecule has 1 aromatic heterocycles. The summed E-state index contributed by atoms with van der Waals surface area (Å²) in [6.07, 6.45) is 5.14. The summed E-state index contributed by atoms with van der Waals surface area (Å²) in [4.78, 5) is 30.8. The summed E-state index contributed by atoms with van der Waals surface area (Å²) in [6, 6.07) is 16.2. The molecule has 37 heavy (non-hydrogen) atoms. The molecule has 0 atom stereocenters. The number of carbonyl (C=O) groups is 1. The summed E-state index contributed by atoms with van der Waals surface area (Å²) in [7, 11) is 0. The van der Waals surface area contributed by atoms with E-state index >= 15 is 0 Å². The van der Waals surface area contributed by atoms with Crippen LogP contribution in [0.4, 0.5) is 0 Å². The van der Waals surface area contributed by atoms with Crippen LogP contribution in [0, 0.1) is 0 Å². The number of nitrogens with zero attached hydrogens (tertiary/aromatic N) is 1. The van der Waals surface area contributed by atoms with Crippen LogP contribution in [0.25, 0.3) is 16.5 Å². The van der Waals surface area contributed by atoms with Crippen LogP contribution in [-0.2, 0) is 17.0 Å². The van der Waals surface area contributed by atoms with Crippen LogP contribution < -0.4 is 15.6 Å². The number of aromatic amines is 1. The molecule has 1 amide bonds. The molecule has 0 bridgehead atoms. The number of carbonyl (C=O) groups excluding carboxylic acids is 1. The minimum Gasteiger partial charge on any atom is -0.478 e. The fraction of sp³-hybridized carbons (Fsp3) is 0.400. The number of aryl methyl sites for hydroxylation is 1. The van der Waals surface area contributed by atoms with E-state index in [2.05, 4.69) is 51.6 Å². The molecule has 3 heterocycles. The normalized spacial score (nSPS) is 16.2. The molecule has 0 saturated heterocycles. The number of hydrogen-bond donors (Lipinski definition) is 2. The molecule has 3 aromatic rings. The summed E-state index contributed by atoms with van der Waals surface area (Å²) in [5.41, 5.74) is 4.50. The molecule has 194 valence electrons. The van der Waals surface area contributed by atoms with Crippen molar-refractivity contribution in [2.45, 2.75) is 44.5 Å². The molecule has 2 aliphatic heterocycles. The lowest BCUT2D eigenvalue weighted by Crippen LogP contribution is -2.47. The number of benzene rings is 2. The van der Waals surface area contributed by atoms with Gasteiger partial charge in [-0.05, 0) is 73.8 Å². The quantitative estimate of drug-likeness (QED) is 0.421. The first-order valence-corrected chi connectivity index (χ1v) is 14.3. The Hall–Kier alpha value is -3.03. The van der Waals surface area contributed by atoms with Crippen molar-refractivity contribution in [1.82, 2.24) is 15.2 Å². The number of hydrogen-bond acceptors (Lipinski definition) is 5. The zero-order valence-electron chi connectivity index (χ0n) is 21.6. The Kier molecular flexibility index (Phi) is 7.72. The summed E-state index contributed by atoms with van der Waals surface area (Å²) in [6.45, 7) is 7.15. The van der Waals surface area contributed by atoms with Crippen molar-refractivity contribution >= 4 is 34.1 Å². The molecule has 2 aromatic carbocycles. The maximum absolute atomic E-state index is 13.0. The van der Waals surface area contributed by atoms with E-state index in [-0.39, 0.29) is 11.5 Å². The van der Waals surface area contributed by atoms with Crippen molar-refractivity contribution in [3.8, 4) is 5.75 Å². The van der Waals surface area contributed by atoms with E-state index < -0.39 is 5.60 Å². The first kappa shape index (κ1) is 25.6. The van der Waals surface area contributed by atoms with E-state index in [1.165, 1.54) is 11.1 Å². The van der Waals surface area contributed by atoms with Crippen molar-refractivity contribution in [3.63, 3.8) is 0 Å². The fourth-order valence-electron chi connectivity index (χ4n) is 5.12. The minimum absolute atomic E-state index is 0.000265. The topological polar surface area (TPSA) is 74.4 Å². The van der Waals surface area contributed by atoms with Gasteiger partial charge < -0.3 is 15.0 Å². The van der Waals surface area contributed by atoms with Gasteiger partial charge in [0.2, 0.25) is 0 Å². The van der Waals surface area contributed by atoms with Gasteiger partial charge >= 0.3 is 0 Å². The van der Waals surface area contributed by atoms with Crippen LogP contribution in [0.15, 0.2) is 59.4 Å². The van der Waals surface area contributed by atoms with E-state index in [0.29, 0.717) is 12.3 Å².